The summed E-state index contributed by atoms with van der Waals surface area (Å²) in [5.74, 6) is 0.261. The fourth-order valence-electron chi connectivity index (χ4n) is 4.12. The highest BCUT2D eigenvalue weighted by molar-refractivity contribution is 7.85. The second kappa shape index (κ2) is 6.14. The Labute approximate surface area is 144 Å². The van der Waals surface area contributed by atoms with Crippen LogP contribution in [-0.2, 0) is 10.1 Å². The monoisotopic (exact) mass is 348 g/mol. The first kappa shape index (κ1) is 17.4. The van der Waals surface area contributed by atoms with Crippen LogP contribution in [0.5, 0.6) is 0 Å². The summed E-state index contributed by atoms with van der Waals surface area (Å²) in [4.78, 5) is 0. The first-order valence-corrected chi connectivity index (χ1v) is 10.1. The van der Waals surface area contributed by atoms with E-state index < -0.39 is 10.1 Å². The molecule has 0 bridgehead atoms. The fraction of sp³-hybridized carbons (Fsp3) is 0.474. The van der Waals surface area contributed by atoms with Gasteiger partial charge in [-0.25, -0.2) is 0 Å². The maximum atomic E-state index is 10.9. The van der Waals surface area contributed by atoms with Crippen LogP contribution in [0.15, 0.2) is 36.4 Å². The van der Waals surface area contributed by atoms with Gasteiger partial charge in [0.2, 0.25) is 0 Å². The maximum absolute atomic E-state index is 10.9. The van der Waals surface area contributed by atoms with Gasteiger partial charge in [0, 0.05) is 17.5 Å². The molecule has 5 heteroatoms. The Hall–Kier alpha value is -1.43. The summed E-state index contributed by atoms with van der Waals surface area (Å²) < 4.78 is 31.6. The Morgan fingerprint density at radius 2 is 1.79 bits per heavy atom. The van der Waals surface area contributed by atoms with Gasteiger partial charge in [0.05, 0.1) is 25.9 Å². The van der Waals surface area contributed by atoms with Crippen LogP contribution in [0.3, 0.4) is 0 Å². The summed E-state index contributed by atoms with van der Waals surface area (Å²) in [6.45, 7) is 2.28. The molecule has 1 heterocycles. The molecule has 2 unspecified atom stereocenters. The lowest BCUT2D eigenvalue weighted by atomic mass is 9.87. The average Bonchev–Trinajstić information content (AvgIpc) is 2.71. The lowest BCUT2D eigenvalue weighted by molar-refractivity contribution is 0.295. The summed E-state index contributed by atoms with van der Waals surface area (Å²) in [5, 5.41) is 2.57. The molecule has 0 saturated heterocycles. The second-order valence-electron chi connectivity index (χ2n) is 7.39. The number of fused-ring (bicyclic) bond motifs is 3. The molecule has 0 saturated carbocycles. The van der Waals surface area contributed by atoms with Crippen molar-refractivity contribution in [3.05, 3.63) is 42.0 Å². The van der Waals surface area contributed by atoms with Crippen molar-refractivity contribution in [1.82, 2.24) is 4.48 Å². The standard InChI is InChI=1S/C19H25NO3S/c1-14-16(9-6-7-13-24(21,22)23)19-17-10-5-4-8-15(17)11-12-18(19)20(14,2)3/h4-5,8,10-12,14,16H,6-7,9,13H2,1-3H3/p+1. The van der Waals surface area contributed by atoms with Crippen molar-refractivity contribution in [1.29, 1.82) is 0 Å². The molecule has 1 aliphatic rings. The third kappa shape index (κ3) is 3.08. The van der Waals surface area contributed by atoms with Gasteiger partial charge in [-0.1, -0.05) is 30.7 Å². The molecule has 0 radical (unpaired) electrons. The Bertz CT molecular complexity index is 858. The molecule has 4 nitrogen and oxygen atoms in total. The van der Waals surface area contributed by atoms with Crippen molar-refractivity contribution in [2.75, 3.05) is 19.8 Å². The van der Waals surface area contributed by atoms with Gasteiger partial charge >= 0.3 is 0 Å². The third-order valence-electron chi connectivity index (χ3n) is 5.71. The molecule has 2 aromatic carbocycles. The van der Waals surface area contributed by atoms with Gasteiger partial charge in [0.15, 0.2) is 0 Å². The van der Waals surface area contributed by atoms with E-state index in [0.29, 0.717) is 18.4 Å². The Morgan fingerprint density at radius 3 is 2.50 bits per heavy atom. The zero-order valence-corrected chi connectivity index (χ0v) is 15.4. The number of quaternary nitrogens is 1. The molecule has 1 aliphatic heterocycles. The number of nitrogens with zero attached hydrogens (tertiary/aromatic N) is 1. The third-order valence-corrected chi connectivity index (χ3v) is 6.51. The predicted octanol–water partition coefficient (Wildman–Crippen LogP) is 3.95. The molecule has 0 aliphatic carbocycles. The van der Waals surface area contributed by atoms with E-state index in [1.807, 2.05) is 0 Å². The van der Waals surface area contributed by atoms with Crippen LogP contribution in [0, 0.1) is 0 Å². The zero-order valence-electron chi connectivity index (χ0n) is 14.6. The van der Waals surface area contributed by atoms with Crippen molar-refractivity contribution in [2.45, 2.75) is 38.1 Å². The minimum atomic E-state index is -3.86. The van der Waals surface area contributed by atoms with Gasteiger partial charge in [-0.3, -0.25) is 9.04 Å². The van der Waals surface area contributed by atoms with Crippen molar-refractivity contribution < 1.29 is 13.0 Å². The van der Waals surface area contributed by atoms with E-state index in [0.717, 1.165) is 17.3 Å². The predicted molar refractivity (Wildman–Crippen MR) is 100 cm³/mol. The molecule has 3 rings (SSSR count). The minimum Gasteiger partial charge on any atom is -0.293 e. The number of benzene rings is 2. The Kier molecular flexibility index (Phi) is 4.45. The lowest BCUT2D eigenvalue weighted by Crippen LogP contribution is -2.46. The Morgan fingerprint density at radius 1 is 1.08 bits per heavy atom. The fourth-order valence-corrected chi connectivity index (χ4v) is 4.69. The highest BCUT2D eigenvalue weighted by Crippen LogP contribution is 2.49. The van der Waals surface area contributed by atoms with Gasteiger partial charge in [0.1, 0.15) is 5.69 Å². The highest BCUT2D eigenvalue weighted by Gasteiger charge is 2.45. The summed E-state index contributed by atoms with van der Waals surface area (Å²) in [6, 6.07) is 13.4. The summed E-state index contributed by atoms with van der Waals surface area (Å²) in [5.41, 5.74) is 2.78. The van der Waals surface area contributed by atoms with Gasteiger partial charge in [-0.05, 0) is 36.6 Å². The van der Waals surface area contributed by atoms with Crippen LogP contribution < -0.4 is 4.48 Å². The van der Waals surface area contributed by atoms with Crippen LogP contribution in [-0.4, -0.2) is 38.9 Å². The summed E-state index contributed by atoms with van der Waals surface area (Å²) in [7, 11) is 0.638. The maximum Gasteiger partial charge on any atom is 0.264 e. The van der Waals surface area contributed by atoms with Crippen LogP contribution >= 0.6 is 0 Å². The topological polar surface area (TPSA) is 54.4 Å². The number of rotatable bonds is 5. The van der Waals surface area contributed by atoms with E-state index >= 15 is 0 Å². The van der Waals surface area contributed by atoms with Crippen molar-refractivity contribution in [3.63, 3.8) is 0 Å². The van der Waals surface area contributed by atoms with Crippen LogP contribution in [0.2, 0.25) is 0 Å². The molecule has 24 heavy (non-hydrogen) atoms. The molecule has 0 amide bonds. The van der Waals surface area contributed by atoms with E-state index in [9.17, 15) is 8.42 Å². The normalized spacial score (nSPS) is 22.7. The molecule has 2 atom stereocenters. The van der Waals surface area contributed by atoms with Crippen LogP contribution in [0.25, 0.3) is 10.8 Å². The second-order valence-corrected chi connectivity index (χ2v) is 8.96. The van der Waals surface area contributed by atoms with Crippen LogP contribution in [0.4, 0.5) is 5.69 Å². The number of likely N-dealkylation sites (N-methyl/N-ethyl adjacent to an activating group) is 1. The minimum absolute atomic E-state index is 0.144. The lowest BCUT2D eigenvalue weighted by Gasteiger charge is -2.31. The molecule has 0 aromatic heterocycles. The van der Waals surface area contributed by atoms with Crippen molar-refractivity contribution >= 4 is 26.6 Å². The smallest absolute Gasteiger partial charge is 0.264 e. The van der Waals surface area contributed by atoms with Crippen LogP contribution in [0.1, 0.15) is 37.7 Å². The largest absolute Gasteiger partial charge is 0.293 e. The molecule has 2 aromatic rings. The van der Waals surface area contributed by atoms with Crippen molar-refractivity contribution in [3.8, 4) is 0 Å². The summed E-state index contributed by atoms with van der Waals surface area (Å²) >= 11 is 0. The van der Waals surface area contributed by atoms with Gasteiger partial charge in [0.25, 0.3) is 10.1 Å². The number of unbranched alkanes of at least 4 members (excludes halogenated alkanes) is 1. The van der Waals surface area contributed by atoms with E-state index in [1.165, 1.54) is 22.0 Å². The highest BCUT2D eigenvalue weighted by atomic mass is 32.2. The molecule has 130 valence electrons. The van der Waals surface area contributed by atoms with Crippen molar-refractivity contribution in [2.24, 2.45) is 0 Å². The van der Waals surface area contributed by atoms with Gasteiger partial charge in [-0.15, -0.1) is 0 Å². The Balaban J connectivity index is 1.93. The first-order chi connectivity index (χ1) is 11.2. The first-order valence-electron chi connectivity index (χ1n) is 8.53. The van der Waals surface area contributed by atoms with Gasteiger partial charge < -0.3 is 0 Å². The molecular weight excluding hydrogens is 322 g/mol. The van der Waals surface area contributed by atoms with Gasteiger partial charge in [-0.2, -0.15) is 8.42 Å². The quantitative estimate of drug-likeness (QED) is 0.506. The SMILES string of the molecule is CC1C(CCCCS(=O)(=O)O)c2c(ccc3ccccc23)[N+]1(C)C. The average molecular weight is 348 g/mol. The van der Waals surface area contributed by atoms with E-state index in [-0.39, 0.29) is 5.75 Å². The number of hydrogen-bond acceptors (Lipinski definition) is 2. The molecule has 1 N–H and O–H groups in total. The number of hydrogen-bond donors (Lipinski definition) is 1. The summed E-state index contributed by atoms with van der Waals surface area (Å²) in [6.07, 6.45) is 2.26. The van der Waals surface area contributed by atoms with E-state index in [4.69, 9.17) is 4.55 Å². The molecular formula is C19H26NO3S+. The zero-order chi connectivity index (χ0) is 17.5. The molecule has 0 spiro atoms. The van der Waals surface area contributed by atoms with E-state index in [2.05, 4.69) is 57.4 Å². The molecule has 0 fully saturated rings. The van der Waals surface area contributed by atoms with E-state index in [1.54, 1.807) is 0 Å².